The Morgan fingerprint density at radius 2 is 1.89 bits per heavy atom. The molecule has 4 rings (SSSR count). The van der Waals surface area contributed by atoms with E-state index in [0.29, 0.717) is 24.0 Å². The normalized spacial score (nSPS) is 13.8. The molecular weight excluding hydrogens is 502 g/mol. The van der Waals surface area contributed by atoms with Crippen molar-refractivity contribution in [2.45, 2.75) is 39.0 Å². The van der Waals surface area contributed by atoms with E-state index in [2.05, 4.69) is 5.32 Å². The predicted molar refractivity (Wildman–Crippen MR) is 140 cm³/mol. The fourth-order valence-corrected chi connectivity index (χ4v) is 6.69. The van der Waals surface area contributed by atoms with E-state index >= 15 is 0 Å². The van der Waals surface area contributed by atoms with Gasteiger partial charge in [0.05, 0.1) is 29.7 Å². The summed E-state index contributed by atoms with van der Waals surface area (Å²) in [6.45, 7) is 2.09. The van der Waals surface area contributed by atoms with Gasteiger partial charge in [-0.3, -0.25) is 5.32 Å². The van der Waals surface area contributed by atoms with Gasteiger partial charge in [0, 0.05) is 16.6 Å². The van der Waals surface area contributed by atoms with Gasteiger partial charge in [0.25, 0.3) is 0 Å². The lowest BCUT2D eigenvalue weighted by molar-refractivity contribution is -0.145. The summed E-state index contributed by atoms with van der Waals surface area (Å²) in [5, 5.41) is 4.77. The molecule has 0 aliphatic heterocycles. The third kappa shape index (κ3) is 6.17. The second-order valence-electron chi connectivity index (χ2n) is 8.46. The van der Waals surface area contributed by atoms with Crippen LogP contribution in [0.5, 0.6) is 5.75 Å². The molecule has 0 radical (unpaired) electrons. The molecule has 1 fully saturated rings. The summed E-state index contributed by atoms with van der Waals surface area (Å²) >= 11 is 2.65. The van der Waals surface area contributed by atoms with Crippen molar-refractivity contribution in [1.29, 1.82) is 0 Å². The lowest BCUT2D eigenvalue weighted by Gasteiger charge is -2.21. The number of anilines is 1. The first-order valence-corrected chi connectivity index (χ1v) is 13.6. The van der Waals surface area contributed by atoms with Crippen LogP contribution in [0.3, 0.4) is 0 Å². The number of fused-ring (bicyclic) bond motifs is 1. The maximum Gasteiger partial charge on any atom is 0.411 e. The summed E-state index contributed by atoms with van der Waals surface area (Å²) in [4.78, 5) is 36.9. The quantitative estimate of drug-likeness (QED) is 0.249. The van der Waals surface area contributed by atoms with Crippen molar-refractivity contribution in [3.63, 3.8) is 0 Å². The first-order chi connectivity index (χ1) is 17.5. The highest BCUT2D eigenvalue weighted by atomic mass is 32.1. The van der Waals surface area contributed by atoms with Crippen LogP contribution in [0.25, 0.3) is 20.5 Å². The highest BCUT2D eigenvalue weighted by molar-refractivity contribution is 7.29. The third-order valence-corrected chi connectivity index (χ3v) is 8.26. The number of esters is 2. The van der Waals surface area contributed by atoms with Gasteiger partial charge >= 0.3 is 18.0 Å². The van der Waals surface area contributed by atoms with E-state index in [4.69, 9.17) is 18.9 Å². The van der Waals surface area contributed by atoms with Gasteiger partial charge in [-0.15, -0.1) is 22.7 Å². The van der Waals surface area contributed by atoms with Crippen LogP contribution in [0.4, 0.5) is 10.5 Å². The molecule has 0 bridgehead atoms. The minimum atomic E-state index is -0.538. The minimum absolute atomic E-state index is 0.243. The van der Waals surface area contributed by atoms with E-state index in [0.717, 1.165) is 33.4 Å². The fourth-order valence-electron chi connectivity index (χ4n) is 4.21. The SMILES string of the molecule is CCOC(=O)COc1c(C(=O)OC)sc2c(-c3cccc(NC(=O)OCC4CCCCC4)c3)csc12. The molecule has 2 aromatic heterocycles. The maximum atomic E-state index is 12.4. The van der Waals surface area contributed by atoms with Crippen molar-refractivity contribution in [3.8, 4) is 16.9 Å². The average molecular weight is 532 g/mol. The Hall–Kier alpha value is -3.11. The molecule has 0 saturated heterocycles. The molecule has 2 heterocycles. The van der Waals surface area contributed by atoms with Gasteiger partial charge in [-0.05, 0) is 43.4 Å². The Kier molecular flexibility index (Phi) is 8.82. The van der Waals surface area contributed by atoms with Gasteiger partial charge in [0.15, 0.2) is 17.2 Å². The van der Waals surface area contributed by atoms with E-state index in [1.54, 1.807) is 13.0 Å². The largest absolute Gasteiger partial charge is 0.479 e. The number of amides is 1. The zero-order valence-corrected chi connectivity index (χ0v) is 21.9. The molecule has 0 spiro atoms. The van der Waals surface area contributed by atoms with E-state index in [1.165, 1.54) is 49.0 Å². The number of rotatable bonds is 9. The second-order valence-corrected chi connectivity index (χ2v) is 10.4. The number of hydrogen-bond donors (Lipinski definition) is 1. The predicted octanol–water partition coefficient (Wildman–Crippen LogP) is 6.49. The lowest BCUT2D eigenvalue weighted by Crippen LogP contribution is -2.20. The standard InChI is InChI=1S/C26H29NO7S2/c1-3-32-20(28)14-33-21-23-22(36-24(21)25(29)31-2)19(15-35-23)17-10-7-11-18(12-17)27-26(30)34-13-16-8-5-4-6-9-16/h7,10-12,15-16H,3-6,8-9,13-14H2,1-2H3,(H,27,30). The van der Waals surface area contributed by atoms with Crippen molar-refractivity contribution < 1.29 is 33.3 Å². The monoisotopic (exact) mass is 531 g/mol. The van der Waals surface area contributed by atoms with Crippen molar-refractivity contribution in [1.82, 2.24) is 0 Å². The molecule has 36 heavy (non-hydrogen) atoms. The van der Waals surface area contributed by atoms with Gasteiger partial charge in [-0.25, -0.2) is 14.4 Å². The first kappa shape index (κ1) is 26.0. The number of thiophene rings is 2. The van der Waals surface area contributed by atoms with Crippen molar-refractivity contribution in [2.24, 2.45) is 5.92 Å². The molecule has 3 aromatic rings. The minimum Gasteiger partial charge on any atom is -0.479 e. The summed E-state index contributed by atoms with van der Waals surface area (Å²) in [7, 11) is 1.30. The van der Waals surface area contributed by atoms with Crippen LogP contribution in [0.15, 0.2) is 29.6 Å². The molecule has 1 saturated carbocycles. The van der Waals surface area contributed by atoms with Crippen molar-refractivity contribution in [2.75, 3.05) is 32.2 Å². The number of methoxy groups -OCH3 is 1. The van der Waals surface area contributed by atoms with Gasteiger partial charge in [-0.1, -0.05) is 31.4 Å². The second kappa shape index (κ2) is 12.2. The molecule has 0 unspecified atom stereocenters. The van der Waals surface area contributed by atoms with Crippen LogP contribution in [-0.4, -0.2) is 45.0 Å². The third-order valence-electron chi connectivity index (χ3n) is 5.97. The molecule has 8 nitrogen and oxygen atoms in total. The molecule has 1 aliphatic carbocycles. The molecule has 1 amide bonds. The molecule has 1 aliphatic rings. The van der Waals surface area contributed by atoms with E-state index in [-0.39, 0.29) is 18.1 Å². The van der Waals surface area contributed by atoms with Crippen LogP contribution in [0, 0.1) is 5.92 Å². The van der Waals surface area contributed by atoms with Crippen LogP contribution in [-0.2, 0) is 19.0 Å². The number of carbonyl (C=O) groups excluding carboxylic acids is 3. The van der Waals surface area contributed by atoms with Crippen molar-refractivity contribution >= 4 is 55.8 Å². The first-order valence-electron chi connectivity index (χ1n) is 11.9. The topological polar surface area (TPSA) is 100 Å². The Morgan fingerprint density at radius 3 is 2.64 bits per heavy atom. The summed E-state index contributed by atoms with van der Waals surface area (Å²) in [6.07, 6.45) is 5.40. The van der Waals surface area contributed by atoms with Gasteiger partial charge < -0.3 is 18.9 Å². The smallest absolute Gasteiger partial charge is 0.411 e. The van der Waals surface area contributed by atoms with Gasteiger partial charge in [0.2, 0.25) is 0 Å². The molecule has 0 atom stereocenters. The fraction of sp³-hybridized carbons (Fsp3) is 0.423. The van der Waals surface area contributed by atoms with Gasteiger partial charge in [0.1, 0.15) is 0 Å². The number of nitrogens with one attached hydrogen (secondary N) is 1. The summed E-state index contributed by atoms with van der Waals surface area (Å²) in [5.41, 5.74) is 2.36. The molecular formula is C26H29NO7S2. The van der Waals surface area contributed by atoms with Crippen LogP contribution >= 0.6 is 22.7 Å². The number of carbonyl (C=O) groups is 3. The average Bonchev–Trinajstić information content (AvgIpc) is 3.46. The summed E-state index contributed by atoms with van der Waals surface area (Å²) in [6, 6.07) is 7.44. The van der Waals surface area contributed by atoms with E-state index in [9.17, 15) is 14.4 Å². The number of ether oxygens (including phenoxy) is 4. The molecule has 1 N–H and O–H groups in total. The van der Waals surface area contributed by atoms with E-state index < -0.39 is 18.0 Å². The Bertz CT molecular complexity index is 1230. The number of benzene rings is 1. The van der Waals surface area contributed by atoms with Crippen molar-refractivity contribution in [3.05, 3.63) is 34.5 Å². The molecule has 10 heteroatoms. The van der Waals surface area contributed by atoms with Crippen LogP contribution in [0.2, 0.25) is 0 Å². The Labute approximate surface area is 217 Å². The Balaban J connectivity index is 1.52. The molecule has 1 aromatic carbocycles. The van der Waals surface area contributed by atoms with Gasteiger partial charge in [-0.2, -0.15) is 0 Å². The van der Waals surface area contributed by atoms with E-state index in [1.807, 2.05) is 23.6 Å². The highest BCUT2D eigenvalue weighted by Gasteiger charge is 2.25. The highest BCUT2D eigenvalue weighted by Crippen LogP contribution is 2.47. The lowest BCUT2D eigenvalue weighted by atomic mass is 9.90. The maximum absolute atomic E-state index is 12.4. The molecule has 192 valence electrons. The zero-order valence-electron chi connectivity index (χ0n) is 20.3. The van der Waals surface area contributed by atoms with Crippen LogP contribution < -0.4 is 10.1 Å². The number of hydrogen-bond acceptors (Lipinski definition) is 9. The zero-order chi connectivity index (χ0) is 25.5. The summed E-state index contributed by atoms with van der Waals surface area (Å²) < 4.78 is 22.6. The summed E-state index contributed by atoms with van der Waals surface area (Å²) in [5.74, 6) is -0.298. The Morgan fingerprint density at radius 1 is 1.08 bits per heavy atom. The van der Waals surface area contributed by atoms with Crippen LogP contribution in [0.1, 0.15) is 48.7 Å².